The largest absolute Gasteiger partial charge is 0.507 e. The molecule has 2 aliphatic heterocycles. The second kappa shape index (κ2) is 10.2. The first kappa shape index (κ1) is 25.1. The van der Waals surface area contributed by atoms with Crippen molar-refractivity contribution in [1.29, 1.82) is 0 Å². The highest BCUT2D eigenvalue weighted by Crippen LogP contribution is 2.45. The molecular formula is C27H20FN3O6S2. The van der Waals surface area contributed by atoms with Crippen LogP contribution in [0.25, 0.3) is 5.76 Å². The lowest BCUT2D eigenvalue weighted by atomic mass is 9.99. The van der Waals surface area contributed by atoms with Gasteiger partial charge in [0.15, 0.2) is 15.8 Å². The minimum Gasteiger partial charge on any atom is -0.507 e. The van der Waals surface area contributed by atoms with Crippen molar-refractivity contribution in [1.82, 2.24) is 10.2 Å². The predicted molar refractivity (Wildman–Crippen MR) is 142 cm³/mol. The van der Waals surface area contributed by atoms with Gasteiger partial charge in [-0.05, 0) is 55.0 Å². The van der Waals surface area contributed by atoms with E-state index in [1.54, 1.807) is 49.4 Å². The summed E-state index contributed by atoms with van der Waals surface area (Å²) < 4.78 is 30.8. The van der Waals surface area contributed by atoms with Crippen molar-refractivity contribution in [2.24, 2.45) is 0 Å². The Balaban J connectivity index is 1.36. The van der Waals surface area contributed by atoms with Crippen molar-refractivity contribution >= 4 is 45.7 Å². The standard InChI is InChI=1S/C27H20FN3O6S2/c1-14-2-8-19(37-14)22-21(23(32)16-5-9-18-20(12-16)36-11-10-35-18)24(33)25(34)31(22)26-29-30-27(39-26)38-13-15-3-6-17(28)7-4-15/h2-9,12,22,32H,10-11,13H2,1H3/b23-21+. The molecule has 1 unspecified atom stereocenters. The van der Waals surface area contributed by atoms with Gasteiger partial charge in [-0.3, -0.25) is 14.5 Å². The molecule has 1 fully saturated rings. The summed E-state index contributed by atoms with van der Waals surface area (Å²) in [6.45, 7) is 2.50. The summed E-state index contributed by atoms with van der Waals surface area (Å²) in [6, 6.07) is 13.2. The number of nitrogens with zero attached hydrogens (tertiary/aromatic N) is 3. The second-order valence-corrected chi connectivity index (χ2v) is 10.9. The number of anilines is 1. The van der Waals surface area contributed by atoms with Crippen molar-refractivity contribution in [2.45, 2.75) is 23.1 Å². The van der Waals surface area contributed by atoms with E-state index in [0.717, 1.165) is 16.9 Å². The van der Waals surface area contributed by atoms with E-state index in [-0.39, 0.29) is 22.3 Å². The van der Waals surface area contributed by atoms with Crippen molar-refractivity contribution in [2.75, 3.05) is 18.1 Å². The van der Waals surface area contributed by atoms with E-state index in [0.29, 0.717) is 51.9 Å². The average molecular weight is 566 g/mol. The summed E-state index contributed by atoms with van der Waals surface area (Å²) in [5.74, 6) is -0.101. The van der Waals surface area contributed by atoms with Crippen LogP contribution in [-0.4, -0.2) is 40.2 Å². The predicted octanol–water partition coefficient (Wildman–Crippen LogP) is 5.27. The summed E-state index contributed by atoms with van der Waals surface area (Å²) >= 11 is 2.50. The molecule has 12 heteroatoms. The van der Waals surface area contributed by atoms with Crippen LogP contribution >= 0.6 is 23.1 Å². The summed E-state index contributed by atoms with van der Waals surface area (Å²) in [4.78, 5) is 27.9. The lowest BCUT2D eigenvalue weighted by Gasteiger charge is -2.21. The van der Waals surface area contributed by atoms with Gasteiger partial charge in [0, 0.05) is 11.3 Å². The van der Waals surface area contributed by atoms with Gasteiger partial charge in [-0.2, -0.15) is 0 Å². The molecule has 39 heavy (non-hydrogen) atoms. The zero-order chi connectivity index (χ0) is 27.1. The quantitative estimate of drug-likeness (QED) is 0.110. The smallest absolute Gasteiger partial charge is 0.302 e. The first-order valence-corrected chi connectivity index (χ1v) is 13.7. The van der Waals surface area contributed by atoms with Crippen molar-refractivity contribution in [3.05, 3.63) is 88.6 Å². The molecule has 0 aliphatic carbocycles. The summed E-state index contributed by atoms with van der Waals surface area (Å²) in [7, 11) is 0. The van der Waals surface area contributed by atoms with Crippen LogP contribution in [0.4, 0.5) is 9.52 Å². The molecular weight excluding hydrogens is 545 g/mol. The highest BCUT2D eigenvalue weighted by molar-refractivity contribution is 8.00. The molecule has 198 valence electrons. The average Bonchev–Trinajstić information content (AvgIpc) is 3.66. The summed E-state index contributed by atoms with van der Waals surface area (Å²) in [5, 5.41) is 19.9. The number of hydrogen-bond donors (Lipinski definition) is 1. The lowest BCUT2D eigenvalue weighted by Crippen LogP contribution is -2.29. The van der Waals surface area contributed by atoms with Crippen LogP contribution in [-0.2, 0) is 15.3 Å². The van der Waals surface area contributed by atoms with E-state index in [9.17, 15) is 19.1 Å². The van der Waals surface area contributed by atoms with Gasteiger partial charge in [0.05, 0.1) is 5.57 Å². The van der Waals surface area contributed by atoms with Gasteiger partial charge < -0.3 is 19.0 Å². The highest BCUT2D eigenvalue weighted by Gasteiger charge is 2.50. The van der Waals surface area contributed by atoms with Crippen LogP contribution < -0.4 is 14.4 Å². The molecule has 1 N–H and O–H groups in total. The molecule has 1 atom stereocenters. The molecule has 1 saturated heterocycles. The number of rotatable bonds is 6. The maximum absolute atomic E-state index is 13.3. The zero-order valence-electron chi connectivity index (χ0n) is 20.4. The Morgan fingerprint density at radius 1 is 1.08 bits per heavy atom. The van der Waals surface area contributed by atoms with Crippen molar-refractivity contribution in [3.8, 4) is 11.5 Å². The fourth-order valence-electron chi connectivity index (χ4n) is 4.33. The minimum atomic E-state index is -1.06. The summed E-state index contributed by atoms with van der Waals surface area (Å²) in [5.41, 5.74) is 1.05. The topological polar surface area (TPSA) is 115 Å². The number of benzene rings is 2. The number of aliphatic hydroxyl groups is 1. The Kier molecular flexibility index (Phi) is 6.57. The molecule has 4 heterocycles. The molecule has 0 spiro atoms. The van der Waals surface area contributed by atoms with Gasteiger partial charge in [-0.15, -0.1) is 10.2 Å². The molecule has 4 aromatic rings. The normalized spacial score (nSPS) is 18.1. The van der Waals surface area contributed by atoms with Crippen LogP contribution in [0.15, 0.2) is 68.9 Å². The molecule has 6 rings (SSSR count). The van der Waals surface area contributed by atoms with Crippen LogP contribution in [0.3, 0.4) is 0 Å². The SMILES string of the molecule is Cc1ccc(C2/C(=C(\O)c3ccc4c(c3)OCCO4)C(=O)C(=O)N2c2nnc(SCc3ccc(F)cc3)s2)o1. The van der Waals surface area contributed by atoms with Gasteiger partial charge in [0.2, 0.25) is 5.13 Å². The Bertz CT molecular complexity index is 1610. The molecule has 2 aromatic carbocycles. The maximum Gasteiger partial charge on any atom is 0.302 e. The molecule has 2 aliphatic rings. The number of aliphatic hydroxyl groups excluding tert-OH is 1. The van der Waals surface area contributed by atoms with E-state index in [1.807, 2.05) is 0 Å². The molecule has 2 aromatic heterocycles. The number of amides is 1. The molecule has 9 nitrogen and oxygen atoms in total. The number of ether oxygens (including phenoxy) is 2. The van der Waals surface area contributed by atoms with Crippen molar-refractivity contribution < 1.29 is 33.0 Å². The Labute approximate surface area is 229 Å². The zero-order valence-corrected chi connectivity index (χ0v) is 22.1. The number of furan rings is 1. The number of aryl methyl sites for hydroxylation is 1. The van der Waals surface area contributed by atoms with Crippen LogP contribution in [0.2, 0.25) is 0 Å². The number of hydrogen-bond acceptors (Lipinski definition) is 10. The van der Waals surface area contributed by atoms with Crippen molar-refractivity contribution in [3.63, 3.8) is 0 Å². The first-order chi connectivity index (χ1) is 18.9. The third kappa shape index (κ3) is 4.77. The molecule has 0 bridgehead atoms. The number of ketones is 1. The minimum absolute atomic E-state index is 0.137. The maximum atomic E-state index is 13.3. The van der Waals surface area contributed by atoms with Gasteiger partial charge >= 0.3 is 5.91 Å². The van der Waals surface area contributed by atoms with E-state index in [1.165, 1.54) is 28.8 Å². The van der Waals surface area contributed by atoms with Gasteiger partial charge in [-0.1, -0.05) is 35.2 Å². The number of thioether (sulfide) groups is 1. The highest BCUT2D eigenvalue weighted by atomic mass is 32.2. The Morgan fingerprint density at radius 3 is 2.59 bits per heavy atom. The molecule has 0 saturated carbocycles. The number of halogens is 1. The third-order valence-corrected chi connectivity index (χ3v) is 8.30. The number of fused-ring (bicyclic) bond motifs is 1. The van der Waals surface area contributed by atoms with Crippen LogP contribution in [0.1, 0.15) is 28.7 Å². The monoisotopic (exact) mass is 565 g/mol. The van der Waals surface area contributed by atoms with Gasteiger partial charge in [-0.25, -0.2) is 4.39 Å². The first-order valence-electron chi connectivity index (χ1n) is 11.9. The second-order valence-electron chi connectivity index (χ2n) is 8.74. The van der Waals surface area contributed by atoms with Crippen LogP contribution in [0, 0.1) is 12.7 Å². The molecule has 0 radical (unpaired) electrons. The van der Waals surface area contributed by atoms with E-state index >= 15 is 0 Å². The number of Topliss-reactive ketones (excluding diaryl/α,β-unsaturated/α-hetero) is 1. The fourth-order valence-corrected chi connectivity index (χ4v) is 6.15. The fraction of sp³-hybridized carbons (Fsp3) is 0.185. The third-order valence-electron chi connectivity index (χ3n) is 6.17. The van der Waals surface area contributed by atoms with Gasteiger partial charge in [0.1, 0.15) is 42.4 Å². The lowest BCUT2D eigenvalue weighted by molar-refractivity contribution is -0.132. The summed E-state index contributed by atoms with van der Waals surface area (Å²) in [6.07, 6.45) is 0. The van der Waals surface area contributed by atoms with E-state index < -0.39 is 17.7 Å². The molecule has 1 amide bonds. The Morgan fingerprint density at radius 2 is 1.85 bits per heavy atom. The number of carbonyl (C=O) groups is 2. The van der Waals surface area contributed by atoms with E-state index in [4.69, 9.17) is 13.9 Å². The Hall–Kier alpha value is -4.16. The number of aromatic nitrogens is 2. The van der Waals surface area contributed by atoms with E-state index in [2.05, 4.69) is 10.2 Å². The van der Waals surface area contributed by atoms with Gasteiger partial charge in [0.25, 0.3) is 5.78 Å². The van der Waals surface area contributed by atoms with Crippen LogP contribution in [0.5, 0.6) is 11.5 Å². The number of carbonyl (C=O) groups excluding carboxylic acids is 2.